The Hall–Kier alpha value is -2.37. The van der Waals surface area contributed by atoms with E-state index in [0.717, 1.165) is 30.5 Å². The molecule has 0 N–H and O–H groups in total. The summed E-state index contributed by atoms with van der Waals surface area (Å²) in [5.41, 5.74) is 1.58. The molecule has 0 amide bonds. The molecule has 0 fully saturated rings. The van der Waals surface area contributed by atoms with Crippen LogP contribution in [0.4, 0.5) is 5.69 Å². The Morgan fingerprint density at radius 3 is 2.95 bits per heavy atom. The van der Waals surface area contributed by atoms with Crippen LogP contribution in [0.3, 0.4) is 0 Å². The van der Waals surface area contributed by atoms with E-state index in [1.807, 2.05) is 10.6 Å². The Bertz CT molecular complexity index is 702. The van der Waals surface area contributed by atoms with Crippen LogP contribution >= 0.6 is 0 Å². The minimum Gasteiger partial charge on any atom is -0.465 e. The van der Waals surface area contributed by atoms with Crippen molar-refractivity contribution in [3.8, 4) is 0 Å². The van der Waals surface area contributed by atoms with Gasteiger partial charge in [-0.25, -0.2) is 4.79 Å². The van der Waals surface area contributed by atoms with E-state index < -0.39 is 10.9 Å². The molecule has 1 aromatic heterocycles. The Morgan fingerprint density at radius 2 is 2.26 bits per heavy atom. The molecular formula is C13H12N2O4. The molecule has 0 saturated heterocycles. The Labute approximate surface area is 108 Å². The first-order valence-electron chi connectivity index (χ1n) is 6.01. The molecule has 1 aliphatic rings. The van der Waals surface area contributed by atoms with Crippen LogP contribution < -0.4 is 0 Å². The SMILES string of the molecule is COC(=O)c1c([N+](=O)[O-])ccc2cc3n(c12)CCC3. The molecule has 0 radical (unpaired) electrons. The highest BCUT2D eigenvalue weighted by molar-refractivity contribution is 6.07. The molecule has 6 heteroatoms. The summed E-state index contributed by atoms with van der Waals surface area (Å²) < 4.78 is 6.69. The largest absolute Gasteiger partial charge is 0.465 e. The molecule has 1 aromatic carbocycles. The number of aryl methyl sites for hydroxylation is 2. The summed E-state index contributed by atoms with van der Waals surface area (Å²) in [6.07, 6.45) is 1.93. The third kappa shape index (κ3) is 1.60. The molecule has 0 bridgehead atoms. The lowest BCUT2D eigenvalue weighted by atomic mass is 10.1. The van der Waals surface area contributed by atoms with Crippen molar-refractivity contribution in [2.24, 2.45) is 0 Å². The van der Waals surface area contributed by atoms with E-state index in [9.17, 15) is 14.9 Å². The minimum absolute atomic E-state index is 0.0538. The van der Waals surface area contributed by atoms with Crippen molar-refractivity contribution in [3.05, 3.63) is 39.6 Å². The molecule has 0 saturated carbocycles. The summed E-state index contributed by atoms with van der Waals surface area (Å²) >= 11 is 0. The van der Waals surface area contributed by atoms with Gasteiger partial charge >= 0.3 is 5.97 Å². The smallest absolute Gasteiger partial charge is 0.347 e. The Morgan fingerprint density at radius 1 is 1.47 bits per heavy atom. The molecular weight excluding hydrogens is 248 g/mol. The number of hydrogen-bond acceptors (Lipinski definition) is 4. The number of esters is 1. The van der Waals surface area contributed by atoms with Gasteiger partial charge in [0.25, 0.3) is 5.69 Å². The van der Waals surface area contributed by atoms with E-state index >= 15 is 0 Å². The molecule has 0 aliphatic carbocycles. The van der Waals surface area contributed by atoms with Gasteiger partial charge in [-0.05, 0) is 25.0 Å². The molecule has 3 rings (SSSR count). The van der Waals surface area contributed by atoms with Crippen molar-refractivity contribution in [2.75, 3.05) is 7.11 Å². The third-order valence-corrected chi connectivity index (χ3v) is 3.53. The van der Waals surface area contributed by atoms with Crippen molar-refractivity contribution < 1.29 is 14.5 Å². The average molecular weight is 260 g/mol. The van der Waals surface area contributed by atoms with E-state index in [0.29, 0.717) is 5.52 Å². The number of ether oxygens (including phenoxy) is 1. The molecule has 0 atom stereocenters. The molecule has 19 heavy (non-hydrogen) atoms. The maximum Gasteiger partial charge on any atom is 0.347 e. The molecule has 0 unspecified atom stereocenters. The topological polar surface area (TPSA) is 74.4 Å². The van der Waals surface area contributed by atoms with E-state index in [4.69, 9.17) is 4.74 Å². The van der Waals surface area contributed by atoms with Gasteiger partial charge in [0.1, 0.15) is 0 Å². The van der Waals surface area contributed by atoms with Gasteiger partial charge in [-0.2, -0.15) is 0 Å². The van der Waals surface area contributed by atoms with E-state index in [2.05, 4.69) is 0 Å². The number of carbonyl (C=O) groups is 1. The summed E-state index contributed by atoms with van der Waals surface area (Å²) in [6, 6.07) is 5.04. The molecule has 0 spiro atoms. The lowest BCUT2D eigenvalue weighted by Crippen LogP contribution is -2.08. The summed E-state index contributed by atoms with van der Waals surface area (Å²) in [5.74, 6) is -0.662. The molecule has 2 aromatic rings. The Balaban J connectivity index is 2.40. The quantitative estimate of drug-likeness (QED) is 0.471. The molecule has 2 heterocycles. The summed E-state index contributed by atoms with van der Waals surface area (Å²) in [4.78, 5) is 22.5. The van der Waals surface area contributed by atoms with Gasteiger partial charge in [0, 0.05) is 23.7 Å². The van der Waals surface area contributed by atoms with Gasteiger partial charge in [0.15, 0.2) is 5.56 Å². The first-order valence-corrected chi connectivity index (χ1v) is 6.01. The highest BCUT2D eigenvalue weighted by Gasteiger charge is 2.28. The number of carbonyl (C=O) groups excluding carboxylic acids is 1. The zero-order valence-electron chi connectivity index (χ0n) is 10.4. The number of nitro groups is 1. The second kappa shape index (κ2) is 4.08. The first kappa shape index (κ1) is 11.7. The minimum atomic E-state index is -0.662. The summed E-state index contributed by atoms with van der Waals surface area (Å²) in [6.45, 7) is 0.782. The molecule has 98 valence electrons. The number of nitro benzene ring substituents is 1. The number of hydrogen-bond donors (Lipinski definition) is 0. The Kier molecular flexibility index (Phi) is 2.51. The maximum absolute atomic E-state index is 11.9. The van der Waals surface area contributed by atoms with E-state index in [1.54, 1.807) is 6.07 Å². The summed E-state index contributed by atoms with van der Waals surface area (Å²) in [5, 5.41) is 11.9. The fourth-order valence-electron chi connectivity index (χ4n) is 2.74. The zero-order chi connectivity index (χ0) is 13.6. The number of fused-ring (bicyclic) bond motifs is 3. The van der Waals surface area contributed by atoms with Crippen LogP contribution in [0.15, 0.2) is 18.2 Å². The van der Waals surface area contributed by atoms with Crippen molar-refractivity contribution in [2.45, 2.75) is 19.4 Å². The van der Waals surface area contributed by atoms with Crippen LogP contribution in [-0.4, -0.2) is 22.6 Å². The number of aromatic nitrogens is 1. The zero-order valence-corrected chi connectivity index (χ0v) is 10.4. The lowest BCUT2D eigenvalue weighted by molar-refractivity contribution is -0.385. The van der Waals surface area contributed by atoms with Gasteiger partial charge < -0.3 is 9.30 Å². The van der Waals surface area contributed by atoms with Crippen molar-refractivity contribution in [1.82, 2.24) is 4.57 Å². The fraction of sp³-hybridized carbons (Fsp3) is 0.308. The van der Waals surface area contributed by atoms with Gasteiger partial charge in [0.05, 0.1) is 17.5 Å². The summed E-state index contributed by atoms with van der Waals surface area (Å²) in [7, 11) is 1.23. The van der Waals surface area contributed by atoms with Crippen LogP contribution in [0, 0.1) is 10.1 Å². The molecule has 1 aliphatic heterocycles. The van der Waals surface area contributed by atoms with Crippen molar-refractivity contribution in [1.29, 1.82) is 0 Å². The number of rotatable bonds is 2. The monoisotopic (exact) mass is 260 g/mol. The van der Waals surface area contributed by atoms with Crippen LogP contribution in [0.2, 0.25) is 0 Å². The van der Waals surface area contributed by atoms with Crippen LogP contribution in [0.25, 0.3) is 10.9 Å². The van der Waals surface area contributed by atoms with Gasteiger partial charge in [-0.3, -0.25) is 10.1 Å². The van der Waals surface area contributed by atoms with Gasteiger partial charge in [-0.15, -0.1) is 0 Å². The van der Waals surface area contributed by atoms with E-state index in [-0.39, 0.29) is 11.3 Å². The second-order valence-electron chi connectivity index (χ2n) is 4.54. The predicted molar refractivity (Wildman–Crippen MR) is 68.3 cm³/mol. The highest BCUT2D eigenvalue weighted by atomic mass is 16.6. The van der Waals surface area contributed by atoms with Crippen LogP contribution in [0.1, 0.15) is 22.5 Å². The van der Waals surface area contributed by atoms with Gasteiger partial charge in [0.2, 0.25) is 0 Å². The first-order chi connectivity index (χ1) is 9.13. The van der Waals surface area contributed by atoms with Gasteiger partial charge in [-0.1, -0.05) is 0 Å². The molecule has 6 nitrogen and oxygen atoms in total. The standard InChI is InChI=1S/C13H12N2O4/c1-19-13(16)11-10(15(17)18)5-4-8-7-9-3-2-6-14(9)12(8)11/h4-5,7H,2-3,6H2,1H3. The van der Waals surface area contributed by atoms with Crippen molar-refractivity contribution >= 4 is 22.6 Å². The highest BCUT2D eigenvalue weighted by Crippen LogP contribution is 2.33. The number of benzene rings is 1. The fourth-order valence-corrected chi connectivity index (χ4v) is 2.74. The van der Waals surface area contributed by atoms with Crippen molar-refractivity contribution in [3.63, 3.8) is 0 Å². The van der Waals surface area contributed by atoms with E-state index in [1.165, 1.54) is 13.2 Å². The second-order valence-corrected chi connectivity index (χ2v) is 4.54. The number of nitrogens with zero attached hydrogens (tertiary/aromatic N) is 2. The predicted octanol–water partition coefficient (Wildman–Crippen LogP) is 2.28. The van der Waals surface area contributed by atoms with Crippen LogP contribution in [0.5, 0.6) is 0 Å². The van der Waals surface area contributed by atoms with Crippen LogP contribution in [-0.2, 0) is 17.7 Å². The lowest BCUT2D eigenvalue weighted by Gasteiger charge is -2.07. The average Bonchev–Trinajstić information content (AvgIpc) is 2.96. The normalized spacial score (nSPS) is 13.5. The maximum atomic E-state index is 11.9. The number of methoxy groups -OCH3 is 1. The third-order valence-electron chi connectivity index (χ3n) is 3.53.